The Hall–Kier alpha value is -3.38. The van der Waals surface area contributed by atoms with Crippen LogP contribution in [0.15, 0.2) is 42.7 Å². The van der Waals surface area contributed by atoms with Crippen LogP contribution >= 0.6 is 0 Å². The lowest BCUT2D eigenvalue weighted by molar-refractivity contribution is 0.0784. The molecule has 5 N–H and O–H groups in total. The van der Waals surface area contributed by atoms with Gasteiger partial charge in [-0.15, -0.1) is 0 Å². The third kappa shape index (κ3) is 5.49. The molecule has 3 aromatic rings. The van der Waals surface area contributed by atoms with Crippen molar-refractivity contribution in [2.45, 2.75) is 31.6 Å². The zero-order valence-corrected chi connectivity index (χ0v) is 20.0. The fraction of sp³-hybridized carbons (Fsp3) is 0.346. The lowest BCUT2D eigenvalue weighted by Crippen LogP contribution is -2.55. The molecule has 4 atom stereocenters. The van der Waals surface area contributed by atoms with Gasteiger partial charge in [0.2, 0.25) is 0 Å². The number of aliphatic hydroxyl groups is 3. The maximum atomic E-state index is 14.7. The molecule has 1 saturated heterocycles. The van der Waals surface area contributed by atoms with E-state index in [1.54, 1.807) is 12.3 Å². The summed E-state index contributed by atoms with van der Waals surface area (Å²) < 4.78 is 44.1. The summed E-state index contributed by atoms with van der Waals surface area (Å²) in [6.45, 7) is 2.00. The number of aromatic nitrogens is 2. The Labute approximate surface area is 211 Å². The SMILES string of the molecule is C[C@H]1CN(c2ccncc2CC(=O)c2ccc(F)c(-c3c(F)cc([C@@H](O)CO)cc3F)n2)C[C@@H](N)[C@@H]1O. The highest BCUT2D eigenvalue weighted by atomic mass is 19.1. The number of aliphatic hydroxyl groups excluding tert-OH is 3. The number of carbonyl (C=O) groups is 1. The van der Waals surface area contributed by atoms with Crippen molar-refractivity contribution in [3.63, 3.8) is 0 Å². The van der Waals surface area contributed by atoms with E-state index in [0.29, 0.717) is 24.3 Å². The number of pyridine rings is 2. The molecule has 0 unspecified atom stereocenters. The number of piperidine rings is 1. The van der Waals surface area contributed by atoms with Gasteiger partial charge < -0.3 is 26.0 Å². The summed E-state index contributed by atoms with van der Waals surface area (Å²) in [6, 6.07) is 4.84. The minimum atomic E-state index is -1.52. The number of halogens is 3. The van der Waals surface area contributed by atoms with Crippen LogP contribution in [0.1, 0.15) is 34.6 Å². The van der Waals surface area contributed by atoms with Crippen molar-refractivity contribution in [3.05, 3.63) is 77.0 Å². The Morgan fingerprint density at radius 1 is 1.16 bits per heavy atom. The molecule has 4 rings (SSSR count). The molecular formula is C26H27F3N4O4. The van der Waals surface area contributed by atoms with Gasteiger partial charge in [-0.1, -0.05) is 6.92 Å². The first-order chi connectivity index (χ1) is 17.6. The molecule has 0 amide bonds. The summed E-state index contributed by atoms with van der Waals surface area (Å²) >= 11 is 0. The number of nitrogens with zero attached hydrogens (tertiary/aromatic N) is 3. The largest absolute Gasteiger partial charge is 0.393 e. The van der Waals surface area contributed by atoms with Gasteiger partial charge in [0.05, 0.1) is 18.3 Å². The third-order valence-electron chi connectivity index (χ3n) is 6.52. The molecule has 196 valence electrons. The van der Waals surface area contributed by atoms with Gasteiger partial charge in [0.1, 0.15) is 34.9 Å². The fourth-order valence-corrected chi connectivity index (χ4v) is 4.53. The van der Waals surface area contributed by atoms with Crippen molar-refractivity contribution >= 4 is 11.5 Å². The molecule has 3 heterocycles. The Kier molecular flexibility index (Phi) is 7.88. The highest BCUT2D eigenvalue weighted by Crippen LogP contribution is 2.31. The van der Waals surface area contributed by atoms with E-state index in [9.17, 15) is 28.2 Å². The molecule has 0 spiro atoms. The fourth-order valence-electron chi connectivity index (χ4n) is 4.53. The average molecular weight is 517 g/mol. The smallest absolute Gasteiger partial charge is 0.185 e. The number of nitrogens with two attached hydrogens (primary N) is 1. The second kappa shape index (κ2) is 10.9. The van der Waals surface area contributed by atoms with Crippen LogP contribution < -0.4 is 10.6 Å². The van der Waals surface area contributed by atoms with E-state index < -0.39 is 59.3 Å². The quantitative estimate of drug-likeness (QED) is 0.351. The van der Waals surface area contributed by atoms with Crippen molar-refractivity contribution in [1.82, 2.24) is 9.97 Å². The van der Waals surface area contributed by atoms with Crippen molar-refractivity contribution in [2.75, 3.05) is 24.6 Å². The Balaban J connectivity index is 1.63. The summed E-state index contributed by atoms with van der Waals surface area (Å²) in [5, 5.41) is 28.9. The van der Waals surface area contributed by atoms with Crippen LogP contribution in [0.4, 0.5) is 18.9 Å². The van der Waals surface area contributed by atoms with Crippen LogP contribution in [0.2, 0.25) is 0 Å². The van der Waals surface area contributed by atoms with Crippen molar-refractivity contribution < 1.29 is 33.3 Å². The molecule has 0 radical (unpaired) electrons. The minimum absolute atomic E-state index is 0.100. The van der Waals surface area contributed by atoms with Crippen molar-refractivity contribution in [3.8, 4) is 11.3 Å². The Morgan fingerprint density at radius 3 is 2.51 bits per heavy atom. The third-order valence-corrected chi connectivity index (χ3v) is 6.52. The lowest BCUT2D eigenvalue weighted by atomic mass is 9.92. The Morgan fingerprint density at radius 2 is 1.86 bits per heavy atom. The van der Waals surface area contributed by atoms with Crippen LogP contribution in [0.3, 0.4) is 0 Å². The molecule has 1 aromatic carbocycles. The standard InChI is InChI=1S/C26H27F3N4O4/c1-13-10-33(11-19(30)26(13)37)21-4-5-31-9-15(21)8-22(35)20-3-2-16(27)25(32-20)24-17(28)6-14(7-18(24)29)23(36)12-34/h2-7,9,13,19,23,26,34,36-37H,8,10-12,30H2,1H3/t13-,19+,23-,26+/m0/s1. The van der Waals surface area contributed by atoms with Gasteiger partial charge in [-0.2, -0.15) is 0 Å². The summed E-state index contributed by atoms with van der Waals surface area (Å²) in [6.07, 6.45) is 0.756. The first-order valence-electron chi connectivity index (χ1n) is 11.7. The van der Waals surface area contributed by atoms with Crippen molar-refractivity contribution in [1.29, 1.82) is 0 Å². The van der Waals surface area contributed by atoms with Gasteiger partial charge in [0.25, 0.3) is 0 Å². The van der Waals surface area contributed by atoms with E-state index in [1.165, 1.54) is 6.20 Å². The summed E-state index contributed by atoms with van der Waals surface area (Å²) in [5.74, 6) is -4.08. The first-order valence-corrected chi connectivity index (χ1v) is 11.7. The van der Waals surface area contributed by atoms with Gasteiger partial charge in [-0.05, 0) is 35.9 Å². The van der Waals surface area contributed by atoms with E-state index in [0.717, 1.165) is 24.3 Å². The summed E-state index contributed by atoms with van der Waals surface area (Å²) in [7, 11) is 0. The predicted molar refractivity (Wildman–Crippen MR) is 129 cm³/mol. The number of benzene rings is 1. The number of rotatable bonds is 7. The number of ketones is 1. The van der Waals surface area contributed by atoms with Gasteiger partial charge in [0, 0.05) is 55.1 Å². The van der Waals surface area contributed by atoms with Gasteiger partial charge in [-0.25, -0.2) is 18.2 Å². The number of carbonyl (C=O) groups excluding carboxylic acids is 1. The van der Waals surface area contributed by atoms with E-state index in [4.69, 9.17) is 10.8 Å². The lowest BCUT2D eigenvalue weighted by Gasteiger charge is -2.40. The molecule has 1 fully saturated rings. The number of anilines is 1. The Bertz CT molecular complexity index is 1270. The van der Waals surface area contributed by atoms with E-state index in [2.05, 4.69) is 9.97 Å². The summed E-state index contributed by atoms with van der Waals surface area (Å²) in [5.41, 5.74) is 5.42. The van der Waals surface area contributed by atoms with E-state index in [1.807, 2.05) is 11.8 Å². The molecule has 37 heavy (non-hydrogen) atoms. The molecule has 0 bridgehead atoms. The number of hydrogen-bond donors (Lipinski definition) is 4. The molecule has 0 aliphatic carbocycles. The van der Waals surface area contributed by atoms with Gasteiger partial charge in [0.15, 0.2) is 5.78 Å². The van der Waals surface area contributed by atoms with Crippen LogP contribution in [-0.2, 0) is 6.42 Å². The van der Waals surface area contributed by atoms with E-state index >= 15 is 0 Å². The normalized spacial score (nSPS) is 20.6. The maximum absolute atomic E-state index is 14.7. The zero-order chi connectivity index (χ0) is 26.9. The second-order valence-electron chi connectivity index (χ2n) is 9.23. The number of hydrogen-bond acceptors (Lipinski definition) is 8. The van der Waals surface area contributed by atoms with Gasteiger partial charge in [-0.3, -0.25) is 9.78 Å². The average Bonchev–Trinajstić information content (AvgIpc) is 2.87. The van der Waals surface area contributed by atoms with Crippen LogP contribution in [0.5, 0.6) is 0 Å². The van der Waals surface area contributed by atoms with Crippen LogP contribution in [-0.4, -0.2) is 62.9 Å². The highest BCUT2D eigenvalue weighted by Gasteiger charge is 2.32. The van der Waals surface area contributed by atoms with Gasteiger partial charge >= 0.3 is 0 Å². The molecule has 11 heteroatoms. The molecule has 0 saturated carbocycles. The van der Waals surface area contributed by atoms with Crippen molar-refractivity contribution in [2.24, 2.45) is 11.7 Å². The van der Waals surface area contributed by atoms with Crippen LogP contribution in [0.25, 0.3) is 11.3 Å². The molecule has 1 aliphatic heterocycles. The zero-order valence-electron chi connectivity index (χ0n) is 20.0. The predicted octanol–water partition coefficient (Wildman–Crippen LogP) is 2.16. The van der Waals surface area contributed by atoms with E-state index in [-0.39, 0.29) is 23.6 Å². The minimum Gasteiger partial charge on any atom is -0.393 e. The first kappa shape index (κ1) is 26.7. The molecule has 1 aliphatic rings. The molecule has 2 aromatic heterocycles. The highest BCUT2D eigenvalue weighted by molar-refractivity contribution is 5.97. The molecule has 8 nitrogen and oxygen atoms in total. The second-order valence-corrected chi connectivity index (χ2v) is 9.23. The summed E-state index contributed by atoms with van der Waals surface area (Å²) in [4.78, 5) is 23.1. The monoisotopic (exact) mass is 516 g/mol. The topological polar surface area (TPSA) is 133 Å². The molecular weight excluding hydrogens is 489 g/mol. The number of Topliss-reactive ketones (excluding diaryl/α,β-unsaturated/α-hetero) is 1. The maximum Gasteiger partial charge on any atom is 0.185 e. The van der Waals surface area contributed by atoms with Crippen LogP contribution in [0, 0.1) is 23.4 Å².